The second-order valence-electron chi connectivity index (χ2n) is 8.11. The van der Waals surface area contributed by atoms with Gasteiger partial charge >= 0.3 is 0 Å². The van der Waals surface area contributed by atoms with Crippen molar-refractivity contribution in [2.75, 3.05) is 19.7 Å². The van der Waals surface area contributed by atoms with Gasteiger partial charge in [0.1, 0.15) is 28.9 Å². The number of aromatic nitrogens is 6. The Bertz CT molecular complexity index is 1320. The number of aliphatic hydroxyl groups excluding tert-OH is 1. The van der Waals surface area contributed by atoms with Crippen molar-refractivity contribution in [2.45, 2.75) is 31.7 Å². The van der Waals surface area contributed by atoms with Crippen LogP contribution in [0.2, 0.25) is 5.02 Å². The van der Waals surface area contributed by atoms with Crippen LogP contribution in [0.1, 0.15) is 30.0 Å². The fourth-order valence-electron chi connectivity index (χ4n) is 4.19. The van der Waals surface area contributed by atoms with Crippen LogP contribution in [0.15, 0.2) is 36.8 Å². The maximum absolute atomic E-state index is 14.5. The number of nitrogens with zero attached hydrogens (tertiary/aromatic N) is 6. The maximum atomic E-state index is 14.5. The van der Waals surface area contributed by atoms with E-state index in [0.717, 1.165) is 6.20 Å². The number of hydrogen-bond acceptors (Lipinski definition) is 7. The summed E-state index contributed by atoms with van der Waals surface area (Å²) in [5.74, 6) is -0.171. The molecule has 1 aliphatic rings. The molecule has 4 aromatic heterocycles. The number of rotatable bonds is 6. The van der Waals surface area contributed by atoms with Crippen LogP contribution in [0.25, 0.3) is 16.8 Å². The molecule has 1 fully saturated rings. The largest absolute Gasteiger partial charge is 0.479 e. The molecule has 1 unspecified atom stereocenters. The minimum atomic E-state index is -1.07. The molecule has 0 aromatic carbocycles. The summed E-state index contributed by atoms with van der Waals surface area (Å²) in [7, 11) is 0. The Labute approximate surface area is 210 Å². The molecule has 1 saturated heterocycles. The van der Waals surface area contributed by atoms with E-state index < -0.39 is 30.7 Å². The third-order valence-corrected chi connectivity index (χ3v) is 6.21. The standard InChI is InChI=1S/C22H22ClF2N7O2.ClH/c1-12-21(29-30-32(12)18-4-5-26-9-16(18)25)13-6-19(22-15(23)8-28-31(22)10-13)34-20(11-33)17-3-2-14(24)7-27-17;/h2-3,6-8,10,16,18,20,26,33H,4-5,9,11H2,1H3;1H/t16-,18-,20?;/m0./s1. The number of ether oxygens (including phenoxy) is 1. The number of hydrogen-bond donors (Lipinski definition) is 2. The van der Waals surface area contributed by atoms with Crippen molar-refractivity contribution in [2.24, 2.45) is 0 Å². The number of pyridine rings is 2. The van der Waals surface area contributed by atoms with Gasteiger partial charge in [-0.1, -0.05) is 16.8 Å². The number of nitrogens with one attached hydrogen (secondary N) is 1. The summed E-state index contributed by atoms with van der Waals surface area (Å²) in [4.78, 5) is 4.01. The van der Waals surface area contributed by atoms with Crippen molar-refractivity contribution < 1.29 is 18.6 Å². The topological polar surface area (TPSA) is 102 Å². The third kappa shape index (κ3) is 4.81. The quantitative estimate of drug-likeness (QED) is 0.397. The van der Waals surface area contributed by atoms with Crippen molar-refractivity contribution in [3.05, 3.63) is 59.0 Å². The molecule has 1 aliphatic heterocycles. The van der Waals surface area contributed by atoms with Gasteiger partial charge < -0.3 is 15.2 Å². The summed E-state index contributed by atoms with van der Waals surface area (Å²) in [5, 5.41) is 26.1. The molecule has 0 bridgehead atoms. The van der Waals surface area contributed by atoms with Crippen LogP contribution in [-0.4, -0.2) is 60.6 Å². The maximum Gasteiger partial charge on any atom is 0.163 e. The monoisotopic (exact) mass is 525 g/mol. The van der Waals surface area contributed by atoms with Crippen LogP contribution in [-0.2, 0) is 0 Å². The summed E-state index contributed by atoms with van der Waals surface area (Å²) in [6.07, 6.45) is 2.93. The van der Waals surface area contributed by atoms with Crippen molar-refractivity contribution >= 4 is 29.5 Å². The molecule has 0 spiro atoms. The van der Waals surface area contributed by atoms with Crippen molar-refractivity contribution in [1.29, 1.82) is 0 Å². The molecule has 0 aliphatic carbocycles. The van der Waals surface area contributed by atoms with Crippen molar-refractivity contribution in [1.82, 2.24) is 34.9 Å². The van der Waals surface area contributed by atoms with Crippen molar-refractivity contribution in [3.8, 4) is 17.0 Å². The van der Waals surface area contributed by atoms with E-state index in [1.807, 2.05) is 6.92 Å². The first-order valence-electron chi connectivity index (χ1n) is 10.8. The summed E-state index contributed by atoms with van der Waals surface area (Å²) in [5.41, 5.74) is 2.71. The van der Waals surface area contributed by atoms with Gasteiger partial charge in [0.05, 0.1) is 41.5 Å². The lowest BCUT2D eigenvalue weighted by atomic mass is 10.0. The minimum Gasteiger partial charge on any atom is -0.479 e. The number of alkyl halides is 1. The molecule has 9 nitrogen and oxygen atoms in total. The molecule has 2 N–H and O–H groups in total. The van der Waals surface area contributed by atoms with Gasteiger partial charge in [-0.05, 0) is 38.1 Å². The van der Waals surface area contributed by atoms with E-state index in [9.17, 15) is 13.9 Å². The predicted molar refractivity (Wildman–Crippen MR) is 127 cm³/mol. The zero-order valence-electron chi connectivity index (χ0n) is 18.6. The molecule has 0 saturated carbocycles. The lowest BCUT2D eigenvalue weighted by Crippen LogP contribution is -2.39. The highest BCUT2D eigenvalue weighted by atomic mass is 35.5. The van der Waals surface area contributed by atoms with Gasteiger partial charge in [0.15, 0.2) is 6.10 Å². The van der Waals surface area contributed by atoms with E-state index in [1.165, 1.54) is 18.3 Å². The van der Waals surface area contributed by atoms with E-state index in [-0.39, 0.29) is 19.0 Å². The first-order chi connectivity index (χ1) is 16.5. The first-order valence-corrected chi connectivity index (χ1v) is 11.2. The Hall–Kier alpha value is -2.86. The van der Waals surface area contributed by atoms with Crippen LogP contribution < -0.4 is 10.1 Å². The second kappa shape index (κ2) is 10.4. The first kappa shape index (κ1) is 25.2. The Morgan fingerprint density at radius 1 is 1.34 bits per heavy atom. The third-order valence-electron chi connectivity index (χ3n) is 5.94. The number of halogens is 4. The fraction of sp³-hybridized carbons (Fsp3) is 0.364. The van der Waals surface area contributed by atoms with Crippen LogP contribution >= 0.6 is 24.0 Å². The lowest BCUT2D eigenvalue weighted by Gasteiger charge is -2.27. The van der Waals surface area contributed by atoms with Crippen LogP contribution in [0.3, 0.4) is 0 Å². The van der Waals surface area contributed by atoms with E-state index in [2.05, 4.69) is 25.7 Å². The highest BCUT2D eigenvalue weighted by molar-refractivity contribution is 6.34. The number of aliphatic hydroxyl groups is 1. The molecule has 4 aromatic rings. The van der Waals surface area contributed by atoms with E-state index in [4.69, 9.17) is 16.3 Å². The Morgan fingerprint density at radius 3 is 2.89 bits per heavy atom. The lowest BCUT2D eigenvalue weighted by molar-refractivity contribution is 0.114. The molecule has 35 heavy (non-hydrogen) atoms. The molecule has 3 atom stereocenters. The highest BCUT2D eigenvalue weighted by Crippen LogP contribution is 2.35. The Morgan fingerprint density at radius 2 is 2.17 bits per heavy atom. The van der Waals surface area contributed by atoms with Gasteiger partial charge in [-0.2, -0.15) is 5.10 Å². The van der Waals surface area contributed by atoms with E-state index >= 15 is 0 Å². The minimum absolute atomic E-state index is 0. The molecule has 0 amide bonds. The highest BCUT2D eigenvalue weighted by Gasteiger charge is 2.29. The molecule has 5 heterocycles. The molecular formula is C22H23Cl2F2N7O2. The van der Waals surface area contributed by atoms with Gasteiger partial charge in [0.25, 0.3) is 0 Å². The summed E-state index contributed by atoms with van der Waals surface area (Å²) in [6.45, 7) is 2.41. The number of fused-ring (bicyclic) bond motifs is 1. The molecule has 5 rings (SSSR count). The summed E-state index contributed by atoms with van der Waals surface area (Å²) in [6, 6.07) is 4.00. The average molecular weight is 526 g/mol. The molecule has 0 radical (unpaired) electrons. The van der Waals surface area contributed by atoms with Gasteiger partial charge in [-0.15, -0.1) is 17.5 Å². The smallest absolute Gasteiger partial charge is 0.163 e. The zero-order chi connectivity index (χ0) is 23.8. The Kier molecular flexibility index (Phi) is 7.50. The van der Waals surface area contributed by atoms with Crippen LogP contribution in [0.4, 0.5) is 8.78 Å². The van der Waals surface area contributed by atoms with Crippen LogP contribution in [0.5, 0.6) is 5.75 Å². The van der Waals surface area contributed by atoms with Gasteiger partial charge in [-0.25, -0.2) is 18.0 Å². The van der Waals surface area contributed by atoms with Gasteiger partial charge in [0, 0.05) is 18.3 Å². The normalized spacial score (nSPS) is 18.9. The van der Waals surface area contributed by atoms with Gasteiger partial charge in [-0.3, -0.25) is 4.98 Å². The predicted octanol–water partition coefficient (Wildman–Crippen LogP) is 3.50. The Balaban J connectivity index is 0.00000289. The average Bonchev–Trinajstić information content (AvgIpc) is 3.41. The summed E-state index contributed by atoms with van der Waals surface area (Å²) >= 11 is 6.35. The summed E-state index contributed by atoms with van der Waals surface area (Å²) < 4.78 is 37.1. The van der Waals surface area contributed by atoms with E-state index in [0.29, 0.717) is 51.9 Å². The molecular weight excluding hydrogens is 503 g/mol. The molecule has 186 valence electrons. The fourth-order valence-corrected chi connectivity index (χ4v) is 4.42. The second-order valence-corrected chi connectivity index (χ2v) is 8.52. The zero-order valence-corrected chi connectivity index (χ0v) is 20.2. The van der Waals surface area contributed by atoms with Gasteiger partial charge in [0.2, 0.25) is 0 Å². The number of piperidine rings is 1. The van der Waals surface area contributed by atoms with Crippen molar-refractivity contribution in [3.63, 3.8) is 0 Å². The molecule has 13 heteroatoms. The SMILES string of the molecule is Cc1c(-c2cc(OC(CO)c3ccc(F)cn3)c3c(Cl)cnn3c2)nnn1[C@H]1CCNC[C@@H]1F.Cl. The van der Waals surface area contributed by atoms with Crippen LogP contribution in [0, 0.1) is 12.7 Å². The van der Waals surface area contributed by atoms with E-state index in [1.54, 1.807) is 21.5 Å².